The van der Waals surface area contributed by atoms with Crippen LogP contribution >= 0.6 is 0 Å². The van der Waals surface area contributed by atoms with Crippen LogP contribution in [-0.4, -0.2) is 23.1 Å². The molecule has 1 aromatic rings. The molecule has 1 unspecified atom stereocenters. The van der Waals surface area contributed by atoms with Crippen LogP contribution in [0.5, 0.6) is 0 Å². The van der Waals surface area contributed by atoms with E-state index >= 15 is 0 Å². The van der Waals surface area contributed by atoms with Gasteiger partial charge >= 0.3 is 0 Å². The first-order valence-electron chi connectivity index (χ1n) is 4.87. The maximum absolute atomic E-state index is 11.9. The molecule has 0 bridgehead atoms. The number of pyridine rings is 1. The van der Waals surface area contributed by atoms with Gasteiger partial charge in [0.05, 0.1) is 0 Å². The summed E-state index contributed by atoms with van der Waals surface area (Å²) in [5.74, 6) is -0.159. The smallest absolute Gasteiger partial charge is 0.212 e. The zero-order chi connectivity index (χ0) is 11.4. The van der Waals surface area contributed by atoms with Crippen LogP contribution in [0.15, 0.2) is 48.3 Å². The van der Waals surface area contributed by atoms with Crippen molar-refractivity contribution in [1.29, 1.82) is 0 Å². The van der Waals surface area contributed by atoms with Crippen molar-refractivity contribution < 1.29 is 9.59 Å². The molecule has 0 aromatic carbocycles. The number of aromatic nitrogens is 1. The molecule has 1 aliphatic heterocycles. The highest BCUT2D eigenvalue weighted by molar-refractivity contribution is 6.09. The Morgan fingerprint density at radius 1 is 1.44 bits per heavy atom. The molecule has 0 aliphatic carbocycles. The number of nitrogens with one attached hydrogen (secondary N) is 1. The van der Waals surface area contributed by atoms with E-state index in [9.17, 15) is 9.59 Å². The third-order valence-corrected chi connectivity index (χ3v) is 2.22. The summed E-state index contributed by atoms with van der Waals surface area (Å²) in [5, 5.41) is 2.80. The van der Waals surface area contributed by atoms with Gasteiger partial charge in [-0.25, -0.2) is 0 Å². The van der Waals surface area contributed by atoms with E-state index < -0.39 is 0 Å². The van der Waals surface area contributed by atoms with E-state index in [1.165, 1.54) is 6.20 Å². The Morgan fingerprint density at radius 3 is 2.88 bits per heavy atom. The minimum absolute atomic E-state index is 0.159. The molecule has 0 radical (unpaired) electrons. The average Bonchev–Trinajstić information content (AvgIpc) is 2.39. The molecule has 80 valence electrons. The summed E-state index contributed by atoms with van der Waals surface area (Å²) in [6.45, 7) is 0. The summed E-state index contributed by atoms with van der Waals surface area (Å²) >= 11 is 0. The molecule has 0 fully saturated rings. The molecule has 0 amide bonds. The maximum Gasteiger partial charge on any atom is 0.212 e. The third-order valence-electron chi connectivity index (χ3n) is 2.22. The van der Waals surface area contributed by atoms with Crippen molar-refractivity contribution in [3.05, 3.63) is 54.0 Å². The van der Waals surface area contributed by atoms with Gasteiger partial charge in [0.15, 0.2) is 0 Å². The van der Waals surface area contributed by atoms with Crippen molar-refractivity contribution in [2.45, 2.75) is 6.04 Å². The van der Waals surface area contributed by atoms with Crippen molar-refractivity contribution in [2.24, 2.45) is 0 Å². The van der Waals surface area contributed by atoms with E-state index in [0.29, 0.717) is 11.3 Å². The van der Waals surface area contributed by atoms with Crippen LogP contribution in [0.2, 0.25) is 0 Å². The van der Waals surface area contributed by atoms with Crippen LogP contribution in [0.3, 0.4) is 0 Å². The van der Waals surface area contributed by atoms with Crippen molar-refractivity contribution in [2.75, 3.05) is 0 Å². The van der Waals surface area contributed by atoms with Gasteiger partial charge in [0.25, 0.3) is 0 Å². The molecule has 2 rings (SSSR count). The first-order chi connectivity index (χ1) is 7.81. The molecule has 1 aliphatic rings. The number of ketones is 1. The van der Waals surface area contributed by atoms with E-state index in [4.69, 9.17) is 0 Å². The number of carbonyl (C=O) groups excluding carboxylic acids is 2. The Balaban J connectivity index is 2.17. The Bertz CT molecular complexity index is 463. The predicted octanol–water partition coefficient (Wildman–Crippen LogP) is 0.875. The molecule has 2 heterocycles. The fourth-order valence-corrected chi connectivity index (χ4v) is 1.37. The van der Waals surface area contributed by atoms with Gasteiger partial charge in [-0.1, -0.05) is 18.2 Å². The number of hydrogen-bond donors (Lipinski definition) is 1. The minimum atomic E-state index is -0.347. The molecule has 4 nitrogen and oxygen atoms in total. The van der Waals surface area contributed by atoms with E-state index in [-0.39, 0.29) is 11.8 Å². The number of nitrogens with zero attached hydrogens (tertiary/aromatic N) is 1. The summed E-state index contributed by atoms with van der Waals surface area (Å²) in [6.07, 6.45) is 7.16. The Kier molecular flexibility index (Phi) is 2.91. The quantitative estimate of drug-likeness (QED) is 0.599. The van der Waals surface area contributed by atoms with Gasteiger partial charge in [-0.05, 0) is 12.1 Å². The lowest BCUT2D eigenvalue weighted by Crippen LogP contribution is -2.27. The van der Waals surface area contributed by atoms with Crippen molar-refractivity contribution in [1.82, 2.24) is 10.3 Å². The van der Waals surface area contributed by atoms with Gasteiger partial charge in [-0.3, -0.25) is 9.78 Å². The lowest BCUT2D eigenvalue weighted by Gasteiger charge is -2.12. The molecule has 1 aromatic heterocycles. The van der Waals surface area contributed by atoms with Crippen LogP contribution in [0.25, 0.3) is 0 Å². The molecular formula is C12H10N2O2. The molecule has 1 N–H and O–H groups in total. The predicted molar refractivity (Wildman–Crippen MR) is 58.8 cm³/mol. The van der Waals surface area contributed by atoms with Gasteiger partial charge in [0.2, 0.25) is 5.78 Å². The Hall–Kier alpha value is -2.23. The second kappa shape index (κ2) is 4.53. The van der Waals surface area contributed by atoms with Crippen LogP contribution in [0, 0.1) is 0 Å². The van der Waals surface area contributed by atoms with E-state index in [0.717, 1.165) is 6.29 Å². The van der Waals surface area contributed by atoms with Gasteiger partial charge < -0.3 is 10.1 Å². The summed E-state index contributed by atoms with van der Waals surface area (Å²) in [6, 6.07) is 4.82. The number of rotatable bonds is 3. The molecule has 4 heteroatoms. The highest BCUT2D eigenvalue weighted by atomic mass is 16.1. The fourth-order valence-electron chi connectivity index (χ4n) is 1.37. The summed E-state index contributed by atoms with van der Waals surface area (Å²) in [4.78, 5) is 26.3. The number of dihydropyridines is 1. The third kappa shape index (κ3) is 2.06. The number of carbonyl (C=O) groups is 2. The second-order valence-corrected chi connectivity index (χ2v) is 3.33. The molecule has 1 atom stereocenters. The van der Waals surface area contributed by atoms with Crippen LogP contribution in [0.1, 0.15) is 10.5 Å². The first-order valence-corrected chi connectivity index (χ1v) is 4.87. The van der Waals surface area contributed by atoms with Crippen LogP contribution < -0.4 is 5.32 Å². The number of allylic oxidation sites excluding steroid dienone is 2. The van der Waals surface area contributed by atoms with Gasteiger partial charge in [0.1, 0.15) is 18.0 Å². The number of hydrogen-bond acceptors (Lipinski definition) is 4. The fraction of sp³-hybridized carbons (Fsp3) is 0.0833. The van der Waals surface area contributed by atoms with Crippen molar-refractivity contribution >= 4 is 12.1 Å². The molecule has 0 spiro atoms. The number of aldehydes is 1. The SMILES string of the molecule is O=CC1C=CC(C(=O)c2ccccn2)=CN1. The highest BCUT2D eigenvalue weighted by Gasteiger charge is 2.14. The standard InChI is InChI=1S/C12H10N2O2/c15-8-10-5-4-9(7-14-10)12(16)11-3-1-2-6-13-11/h1-8,10,14H. The molecule has 0 saturated heterocycles. The van der Waals surface area contributed by atoms with Crippen LogP contribution in [0.4, 0.5) is 0 Å². The molecular weight excluding hydrogens is 204 g/mol. The zero-order valence-corrected chi connectivity index (χ0v) is 8.46. The summed E-state index contributed by atoms with van der Waals surface area (Å²) in [7, 11) is 0. The maximum atomic E-state index is 11.9. The molecule has 0 saturated carbocycles. The monoisotopic (exact) mass is 214 g/mol. The van der Waals surface area contributed by atoms with Crippen molar-refractivity contribution in [3.63, 3.8) is 0 Å². The number of Topliss-reactive ketones (excluding diaryl/α,β-unsaturated/α-hetero) is 1. The van der Waals surface area contributed by atoms with E-state index in [1.807, 2.05) is 0 Å². The summed E-state index contributed by atoms with van der Waals surface area (Å²) in [5.41, 5.74) is 0.890. The van der Waals surface area contributed by atoms with Crippen molar-refractivity contribution in [3.8, 4) is 0 Å². The minimum Gasteiger partial charge on any atom is -0.378 e. The van der Waals surface area contributed by atoms with E-state index in [1.54, 1.807) is 36.5 Å². The van der Waals surface area contributed by atoms with Crippen LogP contribution in [-0.2, 0) is 4.79 Å². The molecule has 16 heavy (non-hydrogen) atoms. The summed E-state index contributed by atoms with van der Waals surface area (Å²) < 4.78 is 0. The topological polar surface area (TPSA) is 59.1 Å². The second-order valence-electron chi connectivity index (χ2n) is 3.33. The zero-order valence-electron chi connectivity index (χ0n) is 8.46. The first kappa shape index (κ1) is 10.3. The average molecular weight is 214 g/mol. The van der Waals surface area contributed by atoms with Gasteiger partial charge in [-0.15, -0.1) is 0 Å². The Labute approximate surface area is 92.7 Å². The van der Waals surface area contributed by atoms with Gasteiger partial charge in [-0.2, -0.15) is 0 Å². The lowest BCUT2D eigenvalue weighted by molar-refractivity contribution is -0.108. The van der Waals surface area contributed by atoms with E-state index in [2.05, 4.69) is 10.3 Å². The van der Waals surface area contributed by atoms with Gasteiger partial charge in [0, 0.05) is 18.0 Å². The lowest BCUT2D eigenvalue weighted by atomic mass is 10.1. The highest BCUT2D eigenvalue weighted by Crippen LogP contribution is 2.09. The Morgan fingerprint density at radius 2 is 2.31 bits per heavy atom. The largest absolute Gasteiger partial charge is 0.378 e. The normalized spacial score (nSPS) is 18.5.